The standard InChI is InChI=1S/C21H27N7.C19H26N10O2S.C17H23N11O2S.C17H22N10O2S2/c22-20-25-21(26-28(20)19-8-2-3-13-23-19)24-18-11-9-17(10-12-18)7-6-16-27-14-4-1-5-15-27;1-11(2)15-16(25-13-7-8-22-9-13)23-10-24-17(15)29-18(20)27-19(28-29)26-12-3-5-14(6-4-12)32(21,30)31;1-20-13-14(24-11-6-7-21-8-11)22-9-23-15(13)28-16(18)26-17(27-28)25-10-2-4-12(5-3-10)31(19,29)30;1-30-17-23-13(21-11-6-7-20-9-11)8-14(24-17)27-15(18)25-16(26-27)22-10-2-4-12(5-3-10)31(19,28)29/h2-3,8-13H,1,4-7,14-16H2,(H3,22,24,25,26);3-6,10-11,13,22H,7-9H2,1-2H3,(H2,21,30,31)(H,23,24,25)(H3,20,26,27,28);2-5,9,11,20-21H,6-8H2,1H3,(H2,19,29,30)(H,22,23,24)(H3,18,25,26,27);2-5,8,11,20H,6-7,9H2,1H3,(H2,19,28,29)(H,21,23,24)(H3,18,22,25,26)/t;13-;11-;/m.00./s1. The number of piperidine rings is 1. The monoisotopic (exact) mass is 1740 g/mol. The van der Waals surface area contributed by atoms with Crippen molar-refractivity contribution >= 4 is 135 Å². The molecule has 4 aliphatic heterocycles. The van der Waals surface area contributed by atoms with Crippen LogP contribution in [0.1, 0.15) is 75.8 Å². The predicted octanol–water partition coefficient (Wildman–Crippen LogP) is 4.71. The first-order chi connectivity index (χ1) is 58.7. The number of benzene rings is 4. The minimum absolute atomic E-state index is 0.00759. The molecule has 4 aromatic carbocycles. The predicted molar refractivity (Wildman–Crippen MR) is 469 cm³/mol. The molecule has 16 rings (SSSR count). The van der Waals surface area contributed by atoms with Gasteiger partial charge in [-0.15, -0.1) is 20.4 Å². The maximum absolute atomic E-state index is 11.4. The number of likely N-dealkylation sites (tertiary alicyclic amines) is 1. The number of sulfonamides is 3. The number of pyridine rings is 1. The number of aromatic nitrogens is 19. The molecule has 122 heavy (non-hydrogen) atoms. The van der Waals surface area contributed by atoms with Gasteiger partial charge in [-0.3, -0.25) is 0 Å². The van der Waals surface area contributed by atoms with Gasteiger partial charge >= 0.3 is 0 Å². The van der Waals surface area contributed by atoms with Gasteiger partial charge in [-0.1, -0.05) is 50.2 Å². The third-order valence-corrected chi connectivity index (χ3v) is 22.9. The van der Waals surface area contributed by atoms with E-state index in [-0.39, 0.29) is 62.3 Å². The molecular formula is C74H98N38O6S4. The number of nitrogens with one attached hydrogen (secondary N) is 11. The van der Waals surface area contributed by atoms with E-state index in [9.17, 15) is 25.3 Å². The largest absolute Gasteiger partial charge is 0.382 e. The Balaban J connectivity index is 0.000000140. The van der Waals surface area contributed by atoms with Crippen LogP contribution >= 0.6 is 11.8 Å². The molecule has 8 aromatic heterocycles. The lowest BCUT2D eigenvalue weighted by Gasteiger charge is -2.26. The van der Waals surface area contributed by atoms with E-state index in [0.29, 0.717) is 86.8 Å². The highest BCUT2D eigenvalue weighted by Crippen LogP contribution is 2.33. The van der Waals surface area contributed by atoms with Crippen molar-refractivity contribution in [1.82, 2.24) is 115 Å². The lowest BCUT2D eigenvalue weighted by molar-refractivity contribution is 0.226. The zero-order valence-corrected chi connectivity index (χ0v) is 70.4. The third-order valence-electron chi connectivity index (χ3n) is 19.5. The Morgan fingerprint density at radius 2 is 0.910 bits per heavy atom. The van der Waals surface area contributed by atoms with Gasteiger partial charge in [0.1, 0.15) is 30.0 Å². The first-order valence-electron chi connectivity index (χ1n) is 39.0. The van der Waals surface area contributed by atoms with Gasteiger partial charge in [-0.25, -0.2) is 75.6 Å². The summed E-state index contributed by atoms with van der Waals surface area (Å²) >= 11 is 1.41. The van der Waals surface area contributed by atoms with Gasteiger partial charge < -0.3 is 86.3 Å². The van der Waals surface area contributed by atoms with Crippen LogP contribution < -0.4 is 96.8 Å². The Hall–Kier alpha value is -12.7. The van der Waals surface area contributed by atoms with E-state index in [1.165, 1.54) is 130 Å². The molecule has 0 saturated carbocycles. The molecule has 12 heterocycles. The van der Waals surface area contributed by atoms with Gasteiger partial charge in [0.25, 0.3) is 0 Å². The minimum Gasteiger partial charge on any atom is -0.382 e. The second-order valence-electron chi connectivity index (χ2n) is 28.8. The van der Waals surface area contributed by atoms with E-state index in [1.807, 2.05) is 24.5 Å². The summed E-state index contributed by atoms with van der Waals surface area (Å²) in [6.07, 6.45) is 15.9. The van der Waals surface area contributed by atoms with E-state index >= 15 is 0 Å². The van der Waals surface area contributed by atoms with Crippen LogP contribution in [0.5, 0.6) is 0 Å². The van der Waals surface area contributed by atoms with Crippen molar-refractivity contribution in [3.8, 4) is 23.3 Å². The van der Waals surface area contributed by atoms with Crippen LogP contribution in [-0.2, 0) is 36.5 Å². The molecule has 48 heteroatoms. The molecule has 44 nitrogen and oxygen atoms in total. The Morgan fingerprint density at radius 3 is 1.34 bits per heavy atom. The fourth-order valence-electron chi connectivity index (χ4n) is 13.5. The van der Waals surface area contributed by atoms with Crippen LogP contribution in [0.3, 0.4) is 0 Å². The second kappa shape index (κ2) is 39.7. The fraction of sp³-hybridized carbons (Fsp3) is 0.338. The first kappa shape index (κ1) is 87.2. The van der Waals surface area contributed by atoms with Gasteiger partial charge in [-0.2, -0.15) is 38.7 Å². The van der Waals surface area contributed by atoms with E-state index < -0.39 is 30.1 Å². The molecule has 4 aliphatic rings. The van der Waals surface area contributed by atoms with Crippen LogP contribution in [0.15, 0.2) is 160 Å². The molecule has 4 saturated heterocycles. The smallest absolute Gasteiger partial charge is 0.248 e. The van der Waals surface area contributed by atoms with E-state index in [0.717, 1.165) is 82.0 Å². The number of hydrogen-bond acceptors (Lipinski definition) is 38. The van der Waals surface area contributed by atoms with Gasteiger partial charge in [0.15, 0.2) is 34.2 Å². The zero-order valence-electron chi connectivity index (χ0n) is 67.2. The Bertz CT molecular complexity index is 5840. The van der Waals surface area contributed by atoms with E-state index in [2.05, 4.69) is 177 Å². The maximum atomic E-state index is 11.4. The summed E-state index contributed by atoms with van der Waals surface area (Å²) in [4.78, 5) is 50.4. The summed E-state index contributed by atoms with van der Waals surface area (Å²) < 4.78 is 74.2. The average Bonchev–Trinajstić information content (AvgIpc) is 1.56. The maximum Gasteiger partial charge on any atom is 0.248 e. The number of primary sulfonamides is 3. The Kier molecular flexibility index (Phi) is 28.4. The molecule has 4 fully saturated rings. The van der Waals surface area contributed by atoms with Crippen molar-refractivity contribution in [3.63, 3.8) is 0 Å². The van der Waals surface area contributed by atoms with Crippen LogP contribution in [0.25, 0.3) is 23.3 Å². The first-order valence-corrected chi connectivity index (χ1v) is 44.9. The molecule has 1 unspecified atom stereocenters. The van der Waals surface area contributed by atoms with Crippen molar-refractivity contribution in [2.45, 2.75) is 109 Å². The van der Waals surface area contributed by atoms with E-state index in [4.69, 9.17) is 38.4 Å². The summed E-state index contributed by atoms with van der Waals surface area (Å²) in [5, 5.41) is 69.1. The van der Waals surface area contributed by atoms with Crippen molar-refractivity contribution in [2.75, 3.05) is 138 Å². The Labute approximate surface area is 708 Å². The minimum atomic E-state index is -3.77. The Morgan fingerprint density at radius 1 is 0.484 bits per heavy atom. The molecule has 0 bridgehead atoms. The summed E-state index contributed by atoms with van der Waals surface area (Å²) in [7, 11) is -9.53. The summed E-state index contributed by atoms with van der Waals surface area (Å²) in [6, 6.07) is 34.4. The highest BCUT2D eigenvalue weighted by molar-refractivity contribution is 7.98. The summed E-state index contributed by atoms with van der Waals surface area (Å²) in [5.74, 6) is 6.17. The third kappa shape index (κ3) is 23.3. The summed E-state index contributed by atoms with van der Waals surface area (Å²) in [5.41, 5.74) is 29.8. The molecule has 3 atom stereocenters. The molecule has 0 aliphatic carbocycles. The normalized spacial score (nSPS) is 16.0. The number of thioether (sulfide) groups is 1. The molecular weight excluding hydrogens is 1650 g/mol. The van der Waals surface area contributed by atoms with Crippen molar-refractivity contribution < 1.29 is 25.3 Å². The average molecular weight is 1740 g/mol. The quantitative estimate of drug-likeness (QED) is 0.0233. The number of nitrogens with two attached hydrogens (primary N) is 7. The van der Waals surface area contributed by atoms with Gasteiger partial charge in [0.2, 0.25) is 77.7 Å². The molecule has 0 amide bonds. The van der Waals surface area contributed by atoms with Crippen LogP contribution in [0, 0.1) is 0 Å². The van der Waals surface area contributed by atoms with Gasteiger partial charge in [0.05, 0.1) is 14.7 Å². The summed E-state index contributed by atoms with van der Waals surface area (Å²) in [6.45, 7) is 13.3. The van der Waals surface area contributed by atoms with Crippen LogP contribution in [0.4, 0.5) is 93.5 Å². The highest BCUT2D eigenvalue weighted by Gasteiger charge is 2.27. The lowest BCUT2D eigenvalue weighted by Crippen LogP contribution is -2.30. The molecule has 644 valence electrons. The second-order valence-corrected chi connectivity index (χ2v) is 34.3. The lowest BCUT2D eigenvalue weighted by atomic mass is 10.0. The van der Waals surface area contributed by atoms with E-state index in [1.54, 1.807) is 55.7 Å². The fourth-order valence-corrected chi connectivity index (χ4v) is 15.4. The topological polar surface area (TPSA) is 633 Å². The van der Waals surface area contributed by atoms with Crippen molar-refractivity contribution in [3.05, 3.63) is 151 Å². The number of nitrogen functional groups attached to an aromatic ring is 4. The SMILES string of the molecule is CC(C)c1c(N[C@H]2CCNC2)ncnc1-n1nc(Nc2ccc(S(N)(=O)=O)cc2)nc1N.CNc1c(N[C@H]2CCNC2)ncnc1-n1nc(Nc2ccc(S(N)(=O)=O)cc2)nc1N.CSc1nc(NC2CCNC2)cc(-n2nc(Nc3ccc(S(N)(=O)=O)cc3)nc2N)n1.Nc1nc(Nc2ccc(CCCN3CCCCC3)cc2)nn1-c1ccccn1. The number of nitrogens with zero attached hydrogens (tertiary/aromatic N) is 20. The molecule has 0 spiro atoms. The van der Waals surface area contributed by atoms with Crippen LogP contribution in [-0.4, -0.2) is 214 Å². The van der Waals surface area contributed by atoms with Crippen molar-refractivity contribution in [1.29, 1.82) is 0 Å². The van der Waals surface area contributed by atoms with Crippen LogP contribution in [0.2, 0.25) is 0 Å². The van der Waals surface area contributed by atoms with Gasteiger partial charge in [0, 0.05) is 85.4 Å². The molecule has 12 aromatic rings. The number of aryl methyl sites for hydroxylation is 1. The zero-order chi connectivity index (χ0) is 86.1. The molecule has 0 radical (unpaired) electrons. The number of rotatable bonds is 28. The molecule has 25 N–H and O–H groups in total. The number of anilines is 16. The number of hydrogen-bond donors (Lipinski definition) is 18. The van der Waals surface area contributed by atoms with Gasteiger partial charge in [-0.05, 0) is 199 Å². The van der Waals surface area contributed by atoms with Crippen molar-refractivity contribution in [2.24, 2.45) is 15.4 Å². The highest BCUT2D eigenvalue weighted by atomic mass is 32.2.